The third-order valence-corrected chi connectivity index (χ3v) is 25.0. The van der Waals surface area contributed by atoms with Crippen LogP contribution in [0, 0.1) is 0 Å². The Hall–Kier alpha value is -8.26. The molecule has 2 saturated heterocycles. The number of nitrogens with one attached hydrogen (secondary N) is 7. The summed E-state index contributed by atoms with van der Waals surface area (Å²) in [5.74, 6) is -10.1. The summed E-state index contributed by atoms with van der Waals surface area (Å²) in [6.07, 6.45) is 25.8. The Morgan fingerprint density at radius 1 is 0.451 bits per heavy atom. The molecule has 2 aliphatic rings. The number of ether oxygens (including phenoxy) is 4. The van der Waals surface area contributed by atoms with Gasteiger partial charge >= 0.3 is 0 Å². The van der Waals surface area contributed by atoms with Crippen molar-refractivity contribution in [2.75, 3.05) is 26.4 Å². The van der Waals surface area contributed by atoms with E-state index in [2.05, 4.69) is 177 Å². The average Bonchev–Trinajstić information content (AvgIpc) is 0.764. The number of aliphatic carboxylic acids is 1. The van der Waals surface area contributed by atoms with E-state index in [9.17, 15) is 92.4 Å². The number of carboxylic acid groups (broad SMARTS) is 1. The number of carboxylic acids is 1. The highest BCUT2D eigenvalue weighted by atomic mass is 31.3. The second kappa shape index (κ2) is 64.7. The molecule has 36 nitrogen and oxygen atoms in total. The Bertz CT molecular complexity index is 4210. The third kappa shape index (κ3) is 52.6. The number of phosphoric acid groups is 2. The molecule has 18 N–H and O–H groups in total. The molecule has 0 aromatic heterocycles. The Kier molecular flexibility index (Phi) is 58.8. The molecule has 0 aromatic carbocycles. The number of rotatable bonds is 65. The highest BCUT2D eigenvalue weighted by molar-refractivity contribution is 7.59. The Labute approximate surface area is 786 Å². The van der Waals surface area contributed by atoms with Crippen molar-refractivity contribution >= 4 is 74.8 Å². The number of quaternary nitrogens is 1. The monoisotopic (exact) mass is 1920 g/mol. The minimum absolute atomic E-state index is 0.0646. The van der Waals surface area contributed by atoms with Gasteiger partial charge in [0.05, 0.1) is 38.3 Å². The number of carbonyl (C=O) groups is 10. The van der Waals surface area contributed by atoms with E-state index >= 15 is 0 Å². The molecule has 9 amide bonds. The first-order valence-corrected chi connectivity index (χ1v) is 49.1. The fraction of sp³-hybridized carbons (Fsp3) is 0.663. The molecule has 0 bridgehead atoms. The fourth-order valence-corrected chi connectivity index (χ4v) is 16.3. The summed E-state index contributed by atoms with van der Waals surface area (Å²) in [6.45, 7) is 28.3. The van der Waals surface area contributed by atoms with Crippen LogP contribution in [0.2, 0.25) is 0 Å². The number of amides is 9. The summed E-state index contributed by atoms with van der Waals surface area (Å²) < 4.78 is 65.5. The predicted molar refractivity (Wildman–Crippen MR) is 500 cm³/mol. The van der Waals surface area contributed by atoms with Gasteiger partial charge in [-0.3, -0.25) is 56.8 Å². The molecular formula is C95H156N10O26P2-2. The molecule has 0 radical (unpaired) electrons. The molecule has 0 aliphatic carbocycles. The van der Waals surface area contributed by atoms with Crippen molar-refractivity contribution in [3.63, 3.8) is 0 Å². The fourth-order valence-electron chi connectivity index (χ4n) is 14.2. The van der Waals surface area contributed by atoms with Crippen molar-refractivity contribution < 1.29 is 130 Å². The summed E-state index contributed by atoms with van der Waals surface area (Å²) in [7, 11) is -12.1. The number of primary amides is 2. The number of nitrogens with two attached hydrogens (primary N) is 2. The summed E-state index contributed by atoms with van der Waals surface area (Å²) in [6, 6.07) is -10.9. The highest BCUT2D eigenvalue weighted by Gasteiger charge is 2.54. The van der Waals surface area contributed by atoms with Gasteiger partial charge in [0, 0.05) is 26.8 Å². The van der Waals surface area contributed by atoms with Gasteiger partial charge < -0.3 is 118 Å². The van der Waals surface area contributed by atoms with Gasteiger partial charge in [0.15, 0.2) is 18.6 Å². The summed E-state index contributed by atoms with van der Waals surface area (Å²) in [5.41, 5.74) is 28.9. The molecule has 133 heavy (non-hydrogen) atoms. The number of aliphatic hydroxyl groups is 4. The van der Waals surface area contributed by atoms with Crippen LogP contribution in [0.15, 0.2) is 128 Å². The number of unbranched alkanes of at least 4 members (excludes halogenated alkanes) is 1. The van der Waals surface area contributed by atoms with E-state index in [-0.39, 0.29) is 32.2 Å². The van der Waals surface area contributed by atoms with Crippen LogP contribution in [0.1, 0.15) is 285 Å². The summed E-state index contributed by atoms with van der Waals surface area (Å²) in [4.78, 5) is 155. The molecule has 2 heterocycles. The van der Waals surface area contributed by atoms with Crippen LogP contribution in [-0.4, -0.2) is 204 Å². The normalized spacial score (nSPS) is 22.2. The maximum absolute atomic E-state index is 14.1. The molecule has 18 atom stereocenters. The Morgan fingerprint density at radius 3 is 1.26 bits per heavy atom. The standard InChI is InChI=1S/C95H158N10O26P2/c1-59(2)30-20-31-60(3)32-21-33-61(4)34-22-35-62(5)36-23-37-63(6)38-24-39-64(7)40-25-41-65(8)42-26-43-66(9)44-27-45-67(10)46-28-47-68(11)48-29-49-69(12)53-55-125-132(121,122)131-133(123,124)130-95-83(103-74(17)109)87(86(79(58-107)128-95)129-94-82(102-73(16)108)85(113)84(112)78(57-106)127-94)126-72(15)91(117)100-70(13)90(116)105-76(89(98)115)51-52-80(110)104-77(92(118)101-71(14)93(119)120)50-18-19-54-99-81(111)56-75(96)88(97)114/h30,32,34,36,38,40,42,44,46,48,53,70-72,75-79,82-87,94-95,106-107,112-113H,18-29,31,33,35,37,39,41,43,45,47,49-52,54-58,96H2,1-17H3,(H2,97,114)(H2,98,115)(H,99,111)(H,100,117)(H,101,118)(H,102,108)(H,103,109)(H,104,110)(H,105,116)(H,119,120)(H,121,122)(H,123,124)/p-2/b60-32+,61-34+,62-36-,63-38-,64-40-,65-42-,66-44-,67-46-,68-48-,69-53-/t70-,71-,72+,75+,76+,77+,78+,79+,82+,83+,84+,85+,86+,87+,94-,95+/m0/s1. The first-order valence-electron chi connectivity index (χ1n) is 46.2. The zero-order valence-electron chi connectivity index (χ0n) is 81.3. The molecule has 2 rings (SSSR count). The van der Waals surface area contributed by atoms with Gasteiger partial charge in [0.2, 0.25) is 47.3 Å². The van der Waals surface area contributed by atoms with Crippen LogP contribution in [0.25, 0.3) is 0 Å². The van der Waals surface area contributed by atoms with Crippen LogP contribution in [0.5, 0.6) is 0 Å². The van der Waals surface area contributed by atoms with Crippen molar-refractivity contribution in [2.45, 2.75) is 382 Å². The van der Waals surface area contributed by atoms with Crippen LogP contribution < -0.4 is 69.3 Å². The van der Waals surface area contributed by atoms with Crippen molar-refractivity contribution in [2.24, 2.45) is 11.5 Å². The van der Waals surface area contributed by atoms with Crippen LogP contribution in [0.3, 0.4) is 0 Å². The number of carbonyl (C=O) groups excluding carboxylic acids is 10. The van der Waals surface area contributed by atoms with E-state index in [0.29, 0.717) is 18.4 Å². The SMILES string of the molecule is CC(=O)N[C@H]1[C@H](O[C@H]2[C@H](O[C@H](C)C(=O)N[C@@H](C)C(=O)N[C@H](CCC(=O)N[C@H](CCCCNC(=O)C[C@@H]([NH3+])C(N)=O)C(=O)N[C@@H](C)C(=O)[O-])C(N)=O)[C@@H](NC(C)=O)[C@@H](OP(=O)([O-])OP(=O)([O-])OC/C=C(/C)CC/C=C(/C)CC/C=C(/C)CC/C=C(/C)CC/C=C(/C)CC/C=C(/C)CC/C=C(/C)CC/C=C(/C)CC/C=C(\C)CC/C=C(\C)CCC=C(C)C)O[C@@H]2CO)O[C@H](CO)[C@@H](O)[C@@H]1O. The summed E-state index contributed by atoms with van der Waals surface area (Å²) in [5, 5.41) is 70.9. The second-order valence-corrected chi connectivity index (χ2v) is 38.2. The molecule has 38 heteroatoms. The van der Waals surface area contributed by atoms with Gasteiger partial charge in [0.25, 0.3) is 21.6 Å². The second-order valence-electron chi connectivity index (χ2n) is 35.3. The van der Waals surface area contributed by atoms with Gasteiger partial charge in [-0.2, -0.15) is 0 Å². The smallest absolute Gasteiger partial charge is 0.276 e. The first-order chi connectivity index (χ1) is 62.5. The maximum atomic E-state index is 14.1. The number of allylic oxidation sites excluding steroid dienone is 21. The molecule has 2 fully saturated rings. The minimum atomic E-state index is -6.27. The van der Waals surface area contributed by atoms with E-state index < -0.39 is 205 Å². The zero-order valence-corrected chi connectivity index (χ0v) is 83.1. The van der Waals surface area contributed by atoms with Crippen molar-refractivity contribution in [1.82, 2.24) is 37.2 Å². The third-order valence-electron chi connectivity index (χ3n) is 22.5. The molecule has 754 valence electrons. The van der Waals surface area contributed by atoms with E-state index in [0.717, 1.165) is 156 Å². The lowest BCUT2D eigenvalue weighted by Crippen LogP contribution is -2.70. The minimum Gasteiger partial charge on any atom is -0.756 e. The van der Waals surface area contributed by atoms with Gasteiger partial charge in [-0.1, -0.05) is 128 Å². The van der Waals surface area contributed by atoms with Crippen LogP contribution in [0.4, 0.5) is 0 Å². The van der Waals surface area contributed by atoms with Crippen molar-refractivity contribution in [1.29, 1.82) is 0 Å². The van der Waals surface area contributed by atoms with E-state index in [1.54, 1.807) is 6.92 Å². The van der Waals surface area contributed by atoms with E-state index in [4.69, 9.17) is 39.5 Å². The van der Waals surface area contributed by atoms with Crippen LogP contribution >= 0.6 is 15.6 Å². The van der Waals surface area contributed by atoms with Gasteiger partial charge in [-0.15, -0.1) is 0 Å². The maximum Gasteiger partial charge on any atom is 0.276 e. The predicted octanol–water partition coefficient (Wildman–Crippen LogP) is 7.30. The molecule has 0 saturated carbocycles. The first kappa shape index (κ1) is 121. The lowest BCUT2D eigenvalue weighted by molar-refractivity contribution is -0.402. The Balaban J connectivity index is 2.09. The topological polar surface area (TPSA) is 583 Å². The molecule has 2 aliphatic heterocycles. The Morgan fingerprint density at radius 2 is 0.857 bits per heavy atom. The van der Waals surface area contributed by atoms with Gasteiger partial charge in [0.1, 0.15) is 72.9 Å². The number of phosphoric ester groups is 2. The van der Waals surface area contributed by atoms with Crippen LogP contribution in [-0.2, 0) is 89.4 Å². The van der Waals surface area contributed by atoms with E-state index in [1.807, 2.05) is 6.92 Å². The average molecular weight is 1920 g/mol. The zero-order chi connectivity index (χ0) is 100. The van der Waals surface area contributed by atoms with E-state index in [1.165, 1.54) is 56.2 Å². The quantitative estimate of drug-likeness (QED) is 0.0161. The lowest BCUT2D eigenvalue weighted by Gasteiger charge is -2.50. The molecule has 2 unspecified atom stereocenters. The molecule has 0 spiro atoms. The molecular weight excluding hydrogens is 1760 g/mol. The number of aliphatic hydroxyl groups excluding tert-OH is 4. The highest BCUT2D eigenvalue weighted by Crippen LogP contribution is 2.57. The molecule has 0 aromatic rings. The number of hydrogen-bond acceptors (Lipinski definition) is 26. The van der Waals surface area contributed by atoms with Gasteiger partial charge in [-0.25, -0.2) is 4.31 Å². The van der Waals surface area contributed by atoms with Crippen molar-refractivity contribution in [3.05, 3.63) is 128 Å². The van der Waals surface area contributed by atoms with Crippen molar-refractivity contribution in [3.8, 4) is 0 Å². The number of hydrogen-bond donors (Lipinski definition) is 14. The largest absolute Gasteiger partial charge is 0.756 e. The van der Waals surface area contributed by atoms with Gasteiger partial charge in [-0.05, 0) is 258 Å². The summed E-state index contributed by atoms with van der Waals surface area (Å²) >= 11 is 0. The lowest BCUT2D eigenvalue weighted by atomic mass is 9.94.